The van der Waals surface area contributed by atoms with E-state index in [0.29, 0.717) is 56.4 Å². The number of nitrogens with two attached hydrogens (primary N) is 1. The Morgan fingerprint density at radius 2 is 1.82 bits per heavy atom. The molecule has 5 rings (SSSR count). The molecular formula is C21H23F2N9O. The van der Waals surface area contributed by atoms with Crippen molar-refractivity contribution < 1.29 is 13.6 Å². The minimum absolute atomic E-state index is 0.0943. The molecule has 172 valence electrons. The standard InChI is InChI=1S/C21H23F2N9O/c1-12(33)14-9-18(17(23)10-16(14)22)30-6-3-29(4-7-30)5-8-31-19-15(11-25-31)20-26-13(2)28-32(20)21(24)27-19/h9-11H,3-8H2,1-2H3,(H2,24,27). The summed E-state index contributed by atoms with van der Waals surface area (Å²) in [6.07, 6.45) is 1.72. The van der Waals surface area contributed by atoms with Crippen LogP contribution in [-0.2, 0) is 6.54 Å². The van der Waals surface area contributed by atoms with E-state index in [1.807, 2.05) is 4.90 Å². The molecule has 10 nitrogen and oxygen atoms in total. The Kier molecular flexibility index (Phi) is 5.16. The fraction of sp³-hybridized carbons (Fsp3) is 0.381. The zero-order chi connectivity index (χ0) is 23.3. The number of anilines is 2. The van der Waals surface area contributed by atoms with E-state index < -0.39 is 17.4 Å². The van der Waals surface area contributed by atoms with Gasteiger partial charge in [-0.25, -0.2) is 18.4 Å². The largest absolute Gasteiger partial charge is 0.368 e. The van der Waals surface area contributed by atoms with Crippen LogP contribution in [0.1, 0.15) is 23.1 Å². The van der Waals surface area contributed by atoms with Crippen LogP contribution in [0.5, 0.6) is 0 Å². The molecule has 4 aromatic rings. The summed E-state index contributed by atoms with van der Waals surface area (Å²) in [5, 5.41) is 9.48. The fourth-order valence-electron chi connectivity index (χ4n) is 4.22. The number of aryl methyl sites for hydroxylation is 1. The predicted molar refractivity (Wildman–Crippen MR) is 118 cm³/mol. The first-order chi connectivity index (χ1) is 15.8. The molecule has 0 spiro atoms. The second-order valence-corrected chi connectivity index (χ2v) is 8.14. The normalized spacial score (nSPS) is 15.1. The number of hydrogen-bond acceptors (Lipinski definition) is 8. The summed E-state index contributed by atoms with van der Waals surface area (Å²) < 4.78 is 31.5. The number of Topliss-reactive ketones (excluding diaryl/α,β-unsaturated/α-hetero) is 1. The molecule has 1 fully saturated rings. The number of carbonyl (C=O) groups is 1. The van der Waals surface area contributed by atoms with E-state index in [1.165, 1.54) is 17.5 Å². The van der Waals surface area contributed by atoms with Crippen molar-refractivity contribution >= 4 is 34.1 Å². The van der Waals surface area contributed by atoms with Crippen LogP contribution in [0, 0.1) is 18.6 Å². The molecule has 2 N–H and O–H groups in total. The lowest BCUT2D eigenvalue weighted by Crippen LogP contribution is -2.47. The van der Waals surface area contributed by atoms with Gasteiger partial charge in [-0.05, 0) is 19.9 Å². The molecule has 0 atom stereocenters. The van der Waals surface area contributed by atoms with Crippen molar-refractivity contribution in [3.63, 3.8) is 0 Å². The zero-order valence-electron chi connectivity index (χ0n) is 18.3. The van der Waals surface area contributed by atoms with Gasteiger partial charge in [0.15, 0.2) is 17.1 Å². The average molecular weight is 455 g/mol. The highest BCUT2D eigenvalue weighted by Gasteiger charge is 2.22. The van der Waals surface area contributed by atoms with Crippen LogP contribution in [0.4, 0.5) is 20.4 Å². The maximum atomic E-state index is 14.4. The number of piperazine rings is 1. The minimum Gasteiger partial charge on any atom is -0.368 e. The molecule has 3 aromatic heterocycles. The number of ketones is 1. The first kappa shape index (κ1) is 21.2. The number of fused-ring (bicyclic) bond motifs is 3. The summed E-state index contributed by atoms with van der Waals surface area (Å²) in [6.45, 7) is 6.88. The molecule has 0 unspecified atom stereocenters. The Balaban J connectivity index is 1.27. The number of carbonyl (C=O) groups excluding carboxylic acids is 1. The third-order valence-corrected chi connectivity index (χ3v) is 5.96. The van der Waals surface area contributed by atoms with Crippen molar-refractivity contribution in [3.8, 4) is 0 Å². The van der Waals surface area contributed by atoms with Gasteiger partial charge in [-0.3, -0.25) is 9.69 Å². The number of nitrogens with zero attached hydrogens (tertiary/aromatic N) is 8. The quantitative estimate of drug-likeness (QED) is 0.453. The van der Waals surface area contributed by atoms with Gasteiger partial charge in [0.1, 0.15) is 17.5 Å². The number of aromatic nitrogens is 6. The van der Waals surface area contributed by atoms with Gasteiger partial charge in [-0.15, -0.1) is 5.10 Å². The Morgan fingerprint density at radius 1 is 1.06 bits per heavy atom. The van der Waals surface area contributed by atoms with Crippen LogP contribution in [0.2, 0.25) is 0 Å². The molecule has 0 saturated carbocycles. The predicted octanol–water partition coefficient (Wildman–Crippen LogP) is 1.67. The molecule has 12 heteroatoms. The molecule has 4 heterocycles. The van der Waals surface area contributed by atoms with Crippen molar-refractivity contribution in [2.75, 3.05) is 43.4 Å². The Morgan fingerprint density at radius 3 is 2.55 bits per heavy atom. The first-order valence-corrected chi connectivity index (χ1v) is 10.6. The van der Waals surface area contributed by atoms with E-state index in [0.717, 1.165) is 11.5 Å². The van der Waals surface area contributed by atoms with Crippen LogP contribution in [0.15, 0.2) is 18.3 Å². The number of benzene rings is 1. The molecule has 1 aliphatic rings. The van der Waals surface area contributed by atoms with E-state index >= 15 is 0 Å². The van der Waals surface area contributed by atoms with Gasteiger partial charge in [0, 0.05) is 38.8 Å². The van der Waals surface area contributed by atoms with Crippen LogP contribution in [0.3, 0.4) is 0 Å². The van der Waals surface area contributed by atoms with E-state index in [-0.39, 0.29) is 17.2 Å². The number of nitrogen functional groups attached to an aromatic ring is 1. The fourth-order valence-corrected chi connectivity index (χ4v) is 4.22. The lowest BCUT2D eigenvalue weighted by atomic mass is 10.1. The number of hydrogen-bond donors (Lipinski definition) is 1. The van der Waals surface area contributed by atoms with Gasteiger partial charge < -0.3 is 10.6 Å². The van der Waals surface area contributed by atoms with Crippen LogP contribution >= 0.6 is 0 Å². The van der Waals surface area contributed by atoms with Crippen molar-refractivity contribution in [3.05, 3.63) is 41.4 Å². The molecule has 0 bridgehead atoms. The Labute approximate surface area is 187 Å². The van der Waals surface area contributed by atoms with Crippen molar-refractivity contribution in [1.29, 1.82) is 0 Å². The summed E-state index contributed by atoms with van der Waals surface area (Å²) in [4.78, 5) is 24.6. The summed E-state index contributed by atoms with van der Waals surface area (Å²) in [6, 6.07) is 2.09. The van der Waals surface area contributed by atoms with Crippen LogP contribution in [0.25, 0.3) is 16.7 Å². The molecule has 0 radical (unpaired) electrons. The monoisotopic (exact) mass is 455 g/mol. The third kappa shape index (κ3) is 3.75. The Hall–Kier alpha value is -3.67. The smallest absolute Gasteiger partial charge is 0.225 e. The summed E-state index contributed by atoms with van der Waals surface area (Å²) in [7, 11) is 0. The van der Waals surface area contributed by atoms with Gasteiger partial charge in [-0.1, -0.05) is 0 Å². The molecule has 1 saturated heterocycles. The molecular weight excluding hydrogens is 432 g/mol. The zero-order valence-corrected chi connectivity index (χ0v) is 18.3. The van der Waals surface area contributed by atoms with Crippen molar-refractivity contribution in [1.82, 2.24) is 34.3 Å². The molecule has 1 aromatic carbocycles. The lowest BCUT2D eigenvalue weighted by Gasteiger charge is -2.36. The van der Waals surface area contributed by atoms with Crippen LogP contribution in [-0.4, -0.2) is 72.8 Å². The number of rotatable bonds is 5. The van der Waals surface area contributed by atoms with E-state index in [1.54, 1.807) is 17.8 Å². The average Bonchev–Trinajstić information content (AvgIpc) is 3.36. The third-order valence-electron chi connectivity index (χ3n) is 5.96. The van der Waals surface area contributed by atoms with Gasteiger partial charge in [-0.2, -0.15) is 14.6 Å². The molecule has 1 aliphatic heterocycles. The van der Waals surface area contributed by atoms with Gasteiger partial charge in [0.2, 0.25) is 5.95 Å². The van der Waals surface area contributed by atoms with Crippen LogP contribution < -0.4 is 10.6 Å². The maximum absolute atomic E-state index is 14.4. The Bertz CT molecular complexity index is 1370. The lowest BCUT2D eigenvalue weighted by molar-refractivity contribution is 0.101. The SMILES string of the molecule is CC(=O)c1cc(N2CCN(CCn3ncc4c3nc(N)n3nc(C)nc43)CC2)c(F)cc1F. The summed E-state index contributed by atoms with van der Waals surface area (Å²) in [5.74, 6) is -1.06. The van der Waals surface area contributed by atoms with E-state index in [4.69, 9.17) is 5.73 Å². The van der Waals surface area contributed by atoms with E-state index in [9.17, 15) is 13.6 Å². The van der Waals surface area contributed by atoms with Gasteiger partial charge in [0.25, 0.3) is 0 Å². The maximum Gasteiger partial charge on any atom is 0.225 e. The number of halogens is 2. The first-order valence-electron chi connectivity index (χ1n) is 10.6. The molecule has 0 amide bonds. The van der Waals surface area contributed by atoms with Crippen molar-refractivity contribution in [2.24, 2.45) is 0 Å². The van der Waals surface area contributed by atoms with Gasteiger partial charge in [0.05, 0.1) is 29.4 Å². The highest BCUT2D eigenvalue weighted by molar-refractivity contribution is 5.95. The second-order valence-electron chi connectivity index (χ2n) is 8.14. The highest BCUT2D eigenvalue weighted by atomic mass is 19.1. The van der Waals surface area contributed by atoms with Gasteiger partial charge >= 0.3 is 0 Å². The summed E-state index contributed by atoms with van der Waals surface area (Å²) in [5.41, 5.74) is 7.48. The molecule has 33 heavy (non-hydrogen) atoms. The summed E-state index contributed by atoms with van der Waals surface area (Å²) >= 11 is 0. The highest BCUT2D eigenvalue weighted by Crippen LogP contribution is 2.25. The molecule has 0 aliphatic carbocycles. The topological polar surface area (TPSA) is 110 Å². The minimum atomic E-state index is -0.832. The van der Waals surface area contributed by atoms with Crippen molar-refractivity contribution in [2.45, 2.75) is 20.4 Å². The second kappa shape index (κ2) is 8.03. The van der Waals surface area contributed by atoms with E-state index in [2.05, 4.69) is 25.1 Å².